The third-order valence-corrected chi connectivity index (χ3v) is 2.69. The summed E-state index contributed by atoms with van der Waals surface area (Å²) in [5, 5.41) is 14.3. The second-order valence-corrected chi connectivity index (χ2v) is 4.00. The van der Waals surface area contributed by atoms with Crippen LogP contribution in [-0.4, -0.2) is 26.1 Å². The zero-order chi connectivity index (χ0) is 13.5. The van der Waals surface area contributed by atoms with E-state index >= 15 is 0 Å². The minimum absolute atomic E-state index is 0.00268. The number of nitrogens with zero attached hydrogens (tertiary/aromatic N) is 1. The van der Waals surface area contributed by atoms with E-state index in [2.05, 4.69) is 10.6 Å². The highest BCUT2D eigenvalue weighted by Gasteiger charge is 2.08. The lowest BCUT2D eigenvalue weighted by atomic mass is 10.2. The van der Waals surface area contributed by atoms with Gasteiger partial charge >= 0.3 is 0 Å². The molecule has 96 valence electrons. The van der Waals surface area contributed by atoms with Gasteiger partial charge in [0.15, 0.2) is 0 Å². The Balaban J connectivity index is 2.70. The van der Waals surface area contributed by atoms with Crippen LogP contribution >= 0.6 is 11.6 Å². The normalized spacial score (nSPS) is 9.44. The van der Waals surface area contributed by atoms with E-state index in [1.165, 1.54) is 7.11 Å². The Morgan fingerprint density at radius 1 is 1.56 bits per heavy atom. The Labute approximate surface area is 111 Å². The number of methoxy groups -OCH3 is 1. The standard InChI is InChI=1S/C12H14ClN3O2/c1-8-5-10(11(18-2)6-9(8)13)16-7-12(17)15-4-3-14/h5-6,16H,4,7H2,1-2H3,(H,15,17). The number of anilines is 1. The van der Waals surface area contributed by atoms with Gasteiger partial charge in [-0.3, -0.25) is 4.79 Å². The van der Waals surface area contributed by atoms with E-state index in [-0.39, 0.29) is 19.0 Å². The Bertz CT molecular complexity index is 483. The first kappa shape index (κ1) is 14.1. The zero-order valence-corrected chi connectivity index (χ0v) is 11.0. The lowest BCUT2D eigenvalue weighted by Gasteiger charge is -2.12. The molecule has 6 heteroatoms. The second-order valence-electron chi connectivity index (χ2n) is 3.59. The fraction of sp³-hybridized carbons (Fsp3) is 0.333. The molecule has 0 saturated carbocycles. The van der Waals surface area contributed by atoms with Gasteiger partial charge in [-0.15, -0.1) is 0 Å². The van der Waals surface area contributed by atoms with Gasteiger partial charge in [-0.2, -0.15) is 5.26 Å². The molecule has 2 N–H and O–H groups in total. The van der Waals surface area contributed by atoms with Crippen molar-refractivity contribution in [2.24, 2.45) is 0 Å². The predicted octanol–water partition coefficient (Wildman–Crippen LogP) is 1.71. The van der Waals surface area contributed by atoms with Crippen molar-refractivity contribution in [3.05, 3.63) is 22.7 Å². The molecule has 0 aliphatic rings. The third-order valence-electron chi connectivity index (χ3n) is 2.28. The summed E-state index contributed by atoms with van der Waals surface area (Å²) >= 11 is 5.97. The molecular weight excluding hydrogens is 254 g/mol. The van der Waals surface area contributed by atoms with Crippen molar-refractivity contribution < 1.29 is 9.53 Å². The Hall–Kier alpha value is -1.93. The number of rotatable bonds is 5. The van der Waals surface area contributed by atoms with Crippen LogP contribution in [0.4, 0.5) is 5.69 Å². The molecule has 0 fully saturated rings. The first-order valence-corrected chi connectivity index (χ1v) is 5.68. The summed E-state index contributed by atoms with van der Waals surface area (Å²) in [6.07, 6.45) is 0. The molecule has 0 spiro atoms. The van der Waals surface area contributed by atoms with Gasteiger partial charge in [-0.05, 0) is 18.6 Å². The summed E-state index contributed by atoms with van der Waals surface area (Å²) in [5.41, 5.74) is 1.57. The second kappa shape index (κ2) is 6.72. The number of hydrogen-bond acceptors (Lipinski definition) is 4. The van der Waals surface area contributed by atoms with Crippen LogP contribution in [-0.2, 0) is 4.79 Å². The van der Waals surface area contributed by atoms with Gasteiger partial charge in [0.25, 0.3) is 0 Å². The van der Waals surface area contributed by atoms with Crippen LogP contribution in [0.25, 0.3) is 0 Å². The minimum Gasteiger partial charge on any atom is -0.495 e. The summed E-state index contributed by atoms with van der Waals surface area (Å²) in [7, 11) is 1.53. The van der Waals surface area contributed by atoms with E-state index in [0.717, 1.165) is 5.56 Å². The lowest BCUT2D eigenvalue weighted by molar-refractivity contribution is -0.119. The quantitative estimate of drug-likeness (QED) is 0.797. The van der Waals surface area contributed by atoms with E-state index in [4.69, 9.17) is 21.6 Å². The summed E-state index contributed by atoms with van der Waals surface area (Å²) < 4.78 is 5.16. The summed E-state index contributed by atoms with van der Waals surface area (Å²) in [4.78, 5) is 11.3. The number of ether oxygens (including phenoxy) is 1. The van der Waals surface area contributed by atoms with Gasteiger partial charge < -0.3 is 15.4 Å². The van der Waals surface area contributed by atoms with Crippen molar-refractivity contribution in [1.29, 1.82) is 5.26 Å². The molecule has 0 atom stereocenters. The fourth-order valence-corrected chi connectivity index (χ4v) is 1.50. The molecule has 0 heterocycles. The number of nitrogens with one attached hydrogen (secondary N) is 2. The number of halogens is 1. The van der Waals surface area contributed by atoms with Gasteiger partial charge in [-0.1, -0.05) is 11.6 Å². The van der Waals surface area contributed by atoms with E-state index < -0.39 is 0 Å². The number of amides is 1. The maximum atomic E-state index is 11.3. The van der Waals surface area contributed by atoms with Crippen LogP contribution < -0.4 is 15.4 Å². The molecule has 0 aliphatic carbocycles. The summed E-state index contributed by atoms with van der Waals surface area (Å²) in [6.45, 7) is 1.93. The number of hydrogen-bond donors (Lipinski definition) is 2. The van der Waals surface area contributed by atoms with Gasteiger partial charge in [0.2, 0.25) is 5.91 Å². The molecule has 0 radical (unpaired) electrons. The van der Waals surface area contributed by atoms with Crippen LogP contribution in [0.3, 0.4) is 0 Å². The molecule has 1 aromatic rings. The molecule has 18 heavy (non-hydrogen) atoms. The fourth-order valence-electron chi connectivity index (χ4n) is 1.35. The minimum atomic E-state index is -0.258. The lowest BCUT2D eigenvalue weighted by Crippen LogP contribution is -2.30. The SMILES string of the molecule is COc1cc(Cl)c(C)cc1NCC(=O)NCC#N. The smallest absolute Gasteiger partial charge is 0.240 e. The average molecular weight is 268 g/mol. The molecular formula is C12H14ClN3O2. The number of nitriles is 1. The highest BCUT2D eigenvalue weighted by molar-refractivity contribution is 6.31. The average Bonchev–Trinajstić information content (AvgIpc) is 2.37. The molecule has 0 saturated heterocycles. The predicted molar refractivity (Wildman–Crippen MR) is 69.9 cm³/mol. The van der Waals surface area contributed by atoms with E-state index in [1.54, 1.807) is 12.1 Å². The molecule has 0 aromatic heterocycles. The first-order chi connectivity index (χ1) is 8.58. The van der Waals surface area contributed by atoms with Crippen LogP contribution in [0.2, 0.25) is 5.02 Å². The molecule has 0 aliphatic heterocycles. The summed E-state index contributed by atoms with van der Waals surface area (Å²) in [5.74, 6) is 0.310. The largest absolute Gasteiger partial charge is 0.495 e. The summed E-state index contributed by atoms with van der Waals surface area (Å²) in [6, 6.07) is 5.33. The highest BCUT2D eigenvalue weighted by atomic mass is 35.5. The number of aryl methyl sites for hydroxylation is 1. The van der Waals surface area contributed by atoms with E-state index in [9.17, 15) is 4.79 Å². The van der Waals surface area contributed by atoms with E-state index in [0.29, 0.717) is 16.5 Å². The van der Waals surface area contributed by atoms with Gasteiger partial charge in [-0.25, -0.2) is 0 Å². The third kappa shape index (κ3) is 3.82. The van der Waals surface area contributed by atoms with Crippen molar-refractivity contribution in [1.82, 2.24) is 5.32 Å². The number of carbonyl (C=O) groups excluding carboxylic acids is 1. The van der Waals surface area contributed by atoms with Crippen molar-refractivity contribution in [3.8, 4) is 11.8 Å². The van der Waals surface area contributed by atoms with Gasteiger partial charge in [0, 0.05) is 11.1 Å². The van der Waals surface area contributed by atoms with Crippen molar-refractivity contribution in [3.63, 3.8) is 0 Å². The first-order valence-electron chi connectivity index (χ1n) is 5.30. The van der Waals surface area contributed by atoms with Crippen molar-refractivity contribution in [2.45, 2.75) is 6.92 Å². The maximum Gasteiger partial charge on any atom is 0.240 e. The van der Waals surface area contributed by atoms with Crippen LogP contribution in [0.5, 0.6) is 5.75 Å². The molecule has 5 nitrogen and oxygen atoms in total. The molecule has 0 unspecified atom stereocenters. The van der Waals surface area contributed by atoms with Crippen LogP contribution in [0, 0.1) is 18.3 Å². The maximum absolute atomic E-state index is 11.3. The molecule has 1 amide bonds. The van der Waals surface area contributed by atoms with Crippen LogP contribution in [0.1, 0.15) is 5.56 Å². The van der Waals surface area contributed by atoms with Crippen molar-refractivity contribution in [2.75, 3.05) is 25.5 Å². The Morgan fingerprint density at radius 2 is 2.28 bits per heavy atom. The Morgan fingerprint density at radius 3 is 2.89 bits per heavy atom. The topological polar surface area (TPSA) is 74.2 Å². The highest BCUT2D eigenvalue weighted by Crippen LogP contribution is 2.30. The number of carbonyl (C=O) groups is 1. The molecule has 1 rings (SSSR count). The van der Waals surface area contributed by atoms with E-state index in [1.807, 2.05) is 13.0 Å². The van der Waals surface area contributed by atoms with Crippen molar-refractivity contribution >= 4 is 23.2 Å². The van der Waals surface area contributed by atoms with Gasteiger partial charge in [0.1, 0.15) is 12.3 Å². The van der Waals surface area contributed by atoms with Crippen LogP contribution in [0.15, 0.2) is 12.1 Å². The molecule has 1 aromatic carbocycles. The number of benzene rings is 1. The zero-order valence-electron chi connectivity index (χ0n) is 10.2. The van der Waals surface area contributed by atoms with Gasteiger partial charge in [0.05, 0.1) is 25.4 Å². The Kier molecular flexibility index (Phi) is 5.28. The molecule has 0 bridgehead atoms. The monoisotopic (exact) mass is 267 g/mol.